The minimum Gasteiger partial charge on any atom is -0.385 e. The summed E-state index contributed by atoms with van der Waals surface area (Å²) < 4.78 is 1.75. The number of hydrogen-bond donors (Lipinski definition) is 1. The van der Waals surface area contributed by atoms with Crippen LogP contribution in [0.15, 0.2) is 12.3 Å². The third kappa shape index (κ3) is 3.47. The number of Topliss-reactive ketones (excluding diaryl/α,β-unsaturated/α-hetero) is 1. The zero-order valence-corrected chi connectivity index (χ0v) is 9.31. The first-order valence-corrected chi connectivity index (χ1v) is 5.32. The predicted molar refractivity (Wildman–Crippen MR) is 57.5 cm³/mol. The lowest BCUT2D eigenvalue weighted by Gasteiger charge is -2.07. The smallest absolute Gasteiger partial charge is 0.161 e. The Hall–Kier alpha value is -1.16. The van der Waals surface area contributed by atoms with Crippen molar-refractivity contribution in [1.82, 2.24) is 9.78 Å². The van der Waals surface area contributed by atoms with Crippen LogP contribution >= 0.6 is 0 Å². The second kappa shape index (κ2) is 5.66. The van der Waals surface area contributed by atoms with Crippen LogP contribution in [0, 0.1) is 0 Å². The van der Waals surface area contributed by atoms with E-state index in [1.165, 1.54) is 0 Å². The molecule has 1 rings (SSSR count). The van der Waals surface area contributed by atoms with Crippen molar-refractivity contribution in [2.75, 3.05) is 0 Å². The van der Waals surface area contributed by atoms with Crippen molar-refractivity contribution in [3.63, 3.8) is 0 Å². The van der Waals surface area contributed by atoms with E-state index in [4.69, 9.17) is 0 Å². The number of rotatable bonds is 6. The molecule has 1 aromatic heterocycles. The van der Waals surface area contributed by atoms with Gasteiger partial charge in [-0.25, -0.2) is 0 Å². The molecule has 0 radical (unpaired) electrons. The molecule has 0 aliphatic carbocycles. The maximum absolute atomic E-state index is 11.5. The third-order valence-corrected chi connectivity index (χ3v) is 2.48. The van der Waals surface area contributed by atoms with E-state index in [1.54, 1.807) is 10.9 Å². The van der Waals surface area contributed by atoms with Gasteiger partial charge in [-0.2, -0.15) is 5.10 Å². The molecular formula is C11H18N2O2. The number of nitrogens with zero attached hydrogens (tertiary/aromatic N) is 2. The SMILES string of the molecule is CCCC(O)C(=O)CCc1ccnn1C. The van der Waals surface area contributed by atoms with E-state index in [0.717, 1.165) is 12.1 Å². The highest BCUT2D eigenvalue weighted by Crippen LogP contribution is 2.05. The fraction of sp³-hybridized carbons (Fsp3) is 0.636. The largest absolute Gasteiger partial charge is 0.385 e. The van der Waals surface area contributed by atoms with Gasteiger partial charge >= 0.3 is 0 Å². The summed E-state index contributed by atoms with van der Waals surface area (Å²) >= 11 is 0. The lowest BCUT2D eigenvalue weighted by molar-refractivity contribution is -0.127. The van der Waals surface area contributed by atoms with Crippen molar-refractivity contribution in [2.24, 2.45) is 7.05 Å². The van der Waals surface area contributed by atoms with Gasteiger partial charge in [0.15, 0.2) is 5.78 Å². The lowest BCUT2D eigenvalue weighted by Crippen LogP contribution is -2.20. The second-order valence-electron chi connectivity index (χ2n) is 3.72. The van der Waals surface area contributed by atoms with Crippen LogP contribution in [0.2, 0.25) is 0 Å². The number of aryl methyl sites for hydroxylation is 2. The molecule has 0 spiro atoms. The Morgan fingerprint density at radius 1 is 1.67 bits per heavy atom. The standard InChI is InChI=1S/C11H18N2O2/c1-3-4-10(14)11(15)6-5-9-7-8-12-13(9)2/h7-8,10,14H,3-6H2,1-2H3. The fourth-order valence-corrected chi connectivity index (χ4v) is 1.50. The zero-order chi connectivity index (χ0) is 11.3. The van der Waals surface area contributed by atoms with Crippen molar-refractivity contribution in [3.8, 4) is 0 Å². The summed E-state index contributed by atoms with van der Waals surface area (Å²) in [4.78, 5) is 11.5. The fourth-order valence-electron chi connectivity index (χ4n) is 1.50. The quantitative estimate of drug-likeness (QED) is 0.764. The number of ketones is 1. The number of hydrogen-bond acceptors (Lipinski definition) is 3. The average molecular weight is 210 g/mol. The van der Waals surface area contributed by atoms with Crippen LogP contribution in [0.25, 0.3) is 0 Å². The molecule has 1 unspecified atom stereocenters. The normalized spacial score (nSPS) is 12.7. The van der Waals surface area contributed by atoms with Gasteiger partial charge in [-0.1, -0.05) is 13.3 Å². The van der Waals surface area contributed by atoms with Crippen LogP contribution in [-0.2, 0) is 18.3 Å². The number of carbonyl (C=O) groups is 1. The number of aromatic nitrogens is 2. The second-order valence-corrected chi connectivity index (χ2v) is 3.72. The molecule has 1 N–H and O–H groups in total. The molecule has 0 saturated heterocycles. The van der Waals surface area contributed by atoms with E-state index in [0.29, 0.717) is 19.3 Å². The summed E-state index contributed by atoms with van der Waals surface area (Å²) in [6.07, 6.45) is 3.35. The highest BCUT2D eigenvalue weighted by atomic mass is 16.3. The molecule has 0 aliphatic heterocycles. The van der Waals surface area contributed by atoms with Crippen molar-refractivity contribution < 1.29 is 9.90 Å². The number of carbonyl (C=O) groups excluding carboxylic acids is 1. The van der Waals surface area contributed by atoms with Gasteiger partial charge in [-0.15, -0.1) is 0 Å². The first-order valence-electron chi connectivity index (χ1n) is 5.32. The molecule has 4 nitrogen and oxygen atoms in total. The topological polar surface area (TPSA) is 55.1 Å². The molecule has 4 heteroatoms. The number of aliphatic hydroxyl groups excluding tert-OH is 1. The molecule has 1 atom stereocenters. The molecule has 0 amide bonds. The maximum Gasteiger partial charge on any atom is 0.161 e. The summed E-state index contributed by atoms with van der Waals surface area (Å²) in [5, 5.41) is 13.5. The van der Waals surface area contributed by atoms with Crippen LogP contribution in [0.1, 0.15) is 31.9 Å². The van der Waals surface area contributed by atoms with Gasteiger partial charge in [0.1, 0.15) is 6.10 Å². The van der Waals surface area contributed by atoms with Crippen LogP contribution in [0.4, 0.5) is 0 Å². The molecule has 84 valence electrons. The highest BCUT2D eigenvalue weighted by Gasteiger charge is 2.13. The van der Waals surface area contributed by atoms with E-state index >= 15 is 0 Å². The van der Waals surface area contributed by atoms with Gasteiger partial charge < -0.3 is 5.11 Å². The third-order valence-electron chi connectivity index (χ3n) is 2.48. The van der Waals surface area contributed by atoms with Crippen LogP contribution in [0.3, 0.4) is 0 Å². The zero-order valence-electron chi connectivity index (χ0n) is 9.31. The van der Waals surface area contributed by atoms with Crippen molar-refractivity contribution in [1.29, 1.82) is 0 Å². The Labute approximate surface area is 89.9 Å². The lowest BCUT2D eigenvalue weighted by atomic mass is 10.1. The molecule has 0 aliphatic rings. The van der Waals surface area contributed by atoms with Gasteiger partial charge in [0, 0.05) is 25.4 Å². The van der Waals surface area contributed by atoms with Crippen LogP contribution in [-0.4, -0.2) is 26.8 Å². The minimum absolute atomic E-state index is 0.0712. The first-order chi connectivity index (χ1) is 7.15. The van der Waals surface area contributed by atoms with E-state index < -0.39 is 6.10 Å². The van der Waals surface area contributed by atoms with E-state index in [-0.39, 0.29) is 5.78 Å². The predicted octanol–water partition coefficient (Wildman–Crippen LogP) is 1.08. The summed E-state index contributed by atoms with van der Waals surface area (Å²) in [7, 11) is 1.85. The number of aliphatic hydroxyl groups is 1. The summed E-state index contributed by atoms with van der Waals surface area (Å²) in [6, 6.07) is 1.89. The summed E-state index contributed by atoms with van der Waals surface area (Å²) in [6.45, 7) is 1.96. The molecule has 0 saturated carbocycles. The molecule has 1 heterocycles. The van der Waals surface area contributed by atoms with E-state index in [1.807, 2.05) is 20.0 Å². The monoisotopic (exact) mass is 210 g/mol. The Kier molecular flexibility index (Phi) is 4.49. The maximum atomic E-state index is 11.5. The molecule has 0 aromatic carbocycles. The van der Waals surface area contributed by atoms with Gasteiger partial charge in [-0.3, -0.25) is 9.48 Å². The van der Waals surface area contributed by atoms with Crippen LogP contribution < -0.4 is 0 Å². The Balaban J connectivity index is 2.37. The van der Waals surface area contributed by atoms with Crippen molar-refractivity contribution in [3.05, 3.63) is 18.0 Å². The van der Waals surface area contributed by atoms with Crippen molar-refractivity contribution >= 4 is 5.78 Å². The van der Waals surface area contributed by atoms with Crippen LogP contribution in [0.5, 0.6) is 0 Å². The molecule has 0 fully saturated rings. The van der Waals surface area contributed by atoms with E-state index in [2.05, 4.69) is 5.10 Å². The first kappa shape index (κ1) is 11.9. The minimum atomic E-state index is -0.789. The van der Waals surface area contributed by atoms with Gasteiger partial charge in [-0.05, 0) is 18.9 Å². The Bertz CT molecular complexity index is 320. The molecule has 1 aromatic rings. The van der Waals surface area contributed by atoms with Crippen molar-refractivity contribution in [2.45, 2.75) is 38.7 Å². The Morgan fingerprint density at radius 2 is 2.40 bits per heavy atom. The van der Waals surface area contributed by atoms with Gasteiger partial charge in [0.05, 0.1) is 0 Å². The van der Waals surface area contributed by atoms with Gasteiger partial charge in [0.2, 0.25) is 0 Å². The molecular weight excluding hydrogens is 192 g/mol. The average Bonchev–Trinajstić information content (AvgIpc) is 2.61. The summed E-state index contributed by atoms with van der Waals surface area (Å²) in [5.74, 6) is -0.0712. The summed E-state index contributed by atoms with van der Waals surface area (Å²) in [5.41, 5.74) is 1.02. The molecule has 15 heavy (non-hydrogen) atoms. The highest BCUT2D eigenvalue weighted by molar-refractivity contribution is 5.82. The van der Waals surface area contributed by atoms with E-state index in [9.17, 15) is 9.90 Å². The molecule has 0 bridgehead atoms. The van der Waals surface area contributed by atoms with Gasteiger partial charge in [0.25, 0.3) is 0 Å². The Morgan fingerprint density at radius 3 is 2.93 bits per heavy atom.